The van der Waals surface area contributed by atoms with E-state index in [9.17, 15) is 9.59 Å². The summed E-state index contributed by atoms with van der Waals surface area (Å²) in [6.07, 6.45) is 0.967. The van der Waals surface area contributed by atoms with Gasteiger partial charge in [-0.2, -0.15) is 0 Å². The van der Waals surface area contributed by atoms with Gasteiger partial charge in [0.2, 0.25) is 5.91 Å². The van der Waals surface area contributed by atoms with Gasteiger partial charge in [-0.1, -0.05) is 24.3 Å². The Hall–Kier alpha value is -2.90. The van der Waals surface area contributed by atoms with E-state index in [1.165, 1.54) is 12.2 Å². The number of hydrogen-bond acceptors (Lipinski definition) is 6. The average molecular weight is 403 g/mol. The van der Waals surface area contributed by atoms with Crippen LogP contribution in [0.15, 0.2) is 48.5 Å². The Labute approximate surface area is 171 Å². The maximum absolute atomic E-state index is 12.2. The van der Waals surface area contributed by atoms with E-state index in [4.69, 9.17) is 19.4 Å². The van der Waals surface area contributed by atoms with Crippen molar-refractivity contribution in [1.29, 1.82) is 0 Å². The molecule has 0 aliphatic rings. The summed E-state index contributed by atoms with van der Waals surface area (Å²) in [4.78, 5) is 28.7. The third-order valence-electron chi connectivity index (χ3n) is 3.94. The second kappa shape index (κ2) is 13.3. The van der Waals surface area contributed by atoms with Gasteiger partial charge >= 0.3 is 0 Å². The largest absolute Gasteiger partial charge is 0.497 e. The summed E-state index contributed by atoms with van der Waals surface area (Å²) in [5.41, 5.74) is 1.55. The van der Waals surface area contributed by atoms with Crippen LogP contribution >= 0.6 is 0 Å². The van der Waals surface area contributed by atoms with Crippen molar-refractivity contribution in [2.75, 3.05) is 34.5 Å². The Bertz CT molecular complexity index is 760. The number of hydrogen-bond donors (Lipinski definition) is 1. The van der Waals surface area contributed by atoms with Crippen LogP contribution in [0.1, 0.15) is 29.3 Å². The number of methoxy groups -OCH3 is 1. The lowest BCUT2D eigenvalue weighted by Crippen LogP contribution is -2.25. The predicted octanol–water partition coefficient (Wildman–Crippen LogP) is 2.91. The van der Waals surface area contributed by atoms with E-state index in [1.807, 2.05) is 12.1 Å². The summed E-state index contributed by atoms with van der Waals surface area (Å²) in [5, 5.41) is 8.78. The number of nitrogens with zero attached hydrogens (tertiary/aromatic N) is 1. The third kappa shape index (κ3) is 8.76. The zero-order chi connectivity index (χ0) is 21.6. The van der Waals surface area contributed by atoms with Crippen LogP contribution in [-0.4, -0.2) is 56.3 Å². The molecular weight excluding hydrogens is 374 g/mol. The van der Waals surface area contributed by atoms with Crippen LogP contribution in [-0.2, 0) is 16.1 Å². The van der Waals surface area contributed by atoms with Crippen molar-refractivity contribution in [3.8, 4) is 11.5 Å². The molecule has 0 spiro atoms. The number of carbonyl (C=O) groups is 2. The minimum Gasteiger partial charge on any atom is -0.497 e. The van der Waals surface area contributed by atoms with Gasteiger partial charge in [0.1, 0.15) is 11.5 Å². The zero-order valence-electron chi connectivity index (χ0n) is 17.4. The molecule has 0 radical (unpaired) electrons. The number of carbonyl (C=O) groups excluding carboxylic acids is 2. The molecule has 29 heavy (non-hydrogen) atoms. The maximum atomic E-state index is 12.2. The number of aliphatic hydroxyl groups is 1. The van der Waals surface area contributed by atoms with Gasteiger partial charge in [0, 0.05) is 25.6 Å². The highest BCUT2D eigenvalue weighted by Gasteiger charge is 2.09. The van der Waals surface area contributed by atoms with Crippen LogP contribution in [0.3, 0.4) is 0 Å². The maximum Gasteiger partial charge on any atom is 0.246 e. The van der Waals surface area contributed by atoms with Crippen molar-refractivity contribution in [3.63, 3.8) is 0 Å². The lowest BCUT2D eigenvalue weighted by molar-refractivity contribution is -0.168. The molecule has 2 aromatic rings. The van der Waals surface area contributed by atoms with Gasteiger partial charge in [-0.15, -0.1) is 0 Å². The molecule has 1 amide bonds. The number of benzene rings is 2. The van der Waals surface area contributed by atoms with E-state index in [0.717, 1.165) is 5.56 Å². The normalized spacial score (nSPS) is 9.83. The van der Waals surface area contributed by atoms with Gasteiger partial charge in [-0.05, 0) is 43.2 Å². The quantitative estimate of drug-likeness (QED) is 0.512. The highest BCUT2D eigenvalue weighted by atomic mass is 16.7. The predicted molar refractivity (Wildman–Crippen MR) is 110 cm³/mol. The number of ether oxygens (including phenoxy) is 2. The van der Waals surface area contributed by atoms with Crippen LogP contribution in [0.5, 0.6) is 11.5 Å². The smallest absolute Gasteiger partial charge is 0.246 e. The second-order valence-electron chi connectivity index (χ2n) is 5.98. The molecule has 7 nitrogen and oxygen atoms in total. The van der Waals surface area contributed by atoms with Crippen LogP contribution in [0.4, 0.5) is 0 Å². The van der Waals surface area contributed by atoms with Crippen LogP contribution in [0.2, 0.25) is 0 Å². The SMILES string of the molecule is CCO.COc1cccc(C(=O)COc2ccc(CCC(=O)N(C)OC)cc2)c1. The van der Waals surface area contributed by atoms with Crippen LogP contribution in [0.25, 0.3) is 0 Å². The molecule has 0 saturated carbocycles. The molecule has 1 N–H and O–H groups in total. The molecule has 0 saturated heterocycles. The van der Waals surface area contributed by atoms with Crippen molar-refractivity contribution in [2.45, 2.75) is 19.8 Å². The van der Waals surface area contributed by atoms with Crippen molar-refractivity contribution in [1.82, 2.24) is 5.06 Å². The van der Waals surface area contributed by atoms with Crippen molar-refractivity contribution in [2.24, 2.45) is 0 Å². The number of ketones is 1. The lowest BCUT2D eigenvalue weighted by atomic mass is 10.1. The highest BCUT2D eigenvalue weighted by molar-refractivity contribution is 5.97. The summed E-state index contributed by atoms with van der Waals surface area (Å²) >= 11 is 0. The summed E-state index contributed by atoms with van der Waals surface area (Å²) in [7, 11) is 4.60. The van der Waals surface area contributed by atoms with Crippen molar-refractivity contribution >= 4 is 11.7 Å². The second-order valence-corrected chi connectivity index (χ2v) is 5.98. The van der Waals surface area contributed by atoms with Gasteiger partial charge < -0.3 is 14.6 Å². The van der Waals surface area contributed by atoms with Gasteiger partial charge in [0.25, 0.3) is 0 Å². The summed E-state index contributed by atoms with van der Waals surface area (Å²) in [6.45, 7) is 1.88. The molecule has 0 aliphatic carbocycles. The highest BCUT2D eigenvalue weighted by Crippen LogP contribution is 2.16. The Morgan fingerprint density at radius 1 is 1.03 bits per heavy atom. The summed E-state index contributed by atoms with van der Waals surface area (Å²) < 4.78 is 10.7. The van der Waals surface area contributed by atoms with E-state index >= 15 is 0 Å². The molecular formula is C22H29NO6. The lowest BCUT2D eigenvalue weighted by Gasteiger charge is -2.13. The van der Waals surface area contributed by atoms with Gasteiger partial charge in [0.05, 0.1) is 14.2 Å². The van der Waals surface area contributed by atoms with Gasteiger partial charge in [0.15, 0.2) is 12.4 Å². The molecule has 0 bridgehead atoms. The minimum atomic E-state index is -0.124. The van der Waals surface area contributed by atoms with Crippen LogP contribution in [0, 0.1) is 0 Å². The standard InChI is InChI=1S/C20H23NO5.C2H6O/c1-21(25-3)20(23)12-9-15-7-10-17(11-8-15)26-14-19(22)16-5-4-6-18(13-16)24-2;1-2-3/h4-8,10-11,13H,9,12,14H2,1-3H3;3H,2H2,1H3. The zero-order valence-corrected chi connectivity index (χ0v) is 17.4. The van der Waals surface area contributed by atoms with Crippen molar-refractivity contribution in [3.05, 3.63) is 59.7 Å². The Kier molecular flexibility index (Phi) is 11.1. The number of aliphatic hydroxyl groups excluding tert-OH is 1. The molecule has 0 aromatic heterocycles. The molecule has 0 unspecified atom stereocenters. The minimum absolute atomic E-state index is 0.0520. The first-order valence-electron chi connectivity index (χ1n) is 9.25. The Morgan fingerprint density at radius 2 is 1.69 bits per heavy atom. The average Bonchev–Trinajstić information content (AvgIpc) is 2.76. The number of hydroxylamine groups is 2. The molecule has 158 valence electrons. The number of aryl methyl sites for hydroxylation is 1. The van der Waals surface area contributed by atoms with Crippen molar-refractivity contribution < 1.29 is 29.0 Å². The fourth-order valence-electron chi connectivity index (χ4n) is 2.29. The monoisotopic (exact) mass is 403 g/mol. The third-order valence-corrected chi connectivity index (χ3v) is 3.94. The van der Waals surface area contributed by atoms with E-state index in [-0.39, 0.29) is 24.9 Å². The van der Waals surface area contributed by atoms with Crippen LogP contribution < -0.4 is 9.47 Å². The Balaban J connectivity index is 0.00000132. The number of rotatable bonds is 9. The first kappa shape index (κ1) is 24.1. The number of Topliss-reactive ketones (excluding diaryl/α,β-unsaturated/α-hetero) is 1. The molecule has 0 aliphatic heterocycles. The first-order chi connectivity index (χ1) is 13.9. The first-order valence-corrected chi connectivity index (χ1v) is 9.25. The van der Waals surface area contributed by atoms with E-state index in [1.54, 1.807) is 57.5 Å². The van der Waals surface area contributed by atoms with E-state index in [2.05, 4.69) is 0 Å². The van der Waals surface area contributed by atoms with E-state index < -0.39 is 0 Å². The topological polar surface area (TPSA) is 85.3 Å². The fourth-order valence-corrected chi connectivity index (χ4v) is 2.29. The molecule has 2 rings (SSSR count). The molecule has 0 fully saturated rings. The summed E-state index contributed by atoms with van der Waals surface area (Å²) in [5.74, 6) is 1.03. The molecule has 0 heterocycles. The number of amides is 1. The van der Waals surface area contributed by atoms with E-state index in [0.29, 0.717) is 29.9 Å². The van der Waals surface area contributed by atoms with Gasteiger partial charge in [-0.25, -0.2) is 5.06 Å². The summed E-state index contributed by atoms with van der Waals surface area (Å²) in [6, 6.07) is 14.3. The molecule has 7 heteroatoms. The van der Waals surface area contributed by atoms with Gasteiger partial charge in [-0.3, -0.25) is 14.4 Å². The molecule has 2 aromatic carbocycles. The molecule has 0 atom stereocenters. The fraction of sp³-hybridized carbons (Fsp3) is 0.364. The Morgan fingerprint density at radius 3 is 2.28 bits per heavy atom.